The van der Waals surface area contributed by atoms with E-state index >= 15 is 0 Å². The van der Waals surface area contributed by atoms with Gasteiger partial charge in [-0.1, -0.05) is 30.3 Å². The summed E-state index contributed by atoms with van der Waals surface area (Å²) in [5, 5.41) is 9.02. The fraction of sp³-hybridized carbons (Fsp3) is 0.250. The molecule has 1 aromatic rings. The molecule has 1 aromatic carbocycles. The first kappa shape index (κ1) is 10.2. The Kier molecular flexibility index (Phi) is 5.00. The van der Waals surface area contributed by atoms with Gasteiger partial charge in [0.15, 0.2) is 0 Å². The van der Waals surface area contributed by atoms with Crippen LogP contribution in [0.25, 0.3) is 0 Å². The third-order valence-electron chi connectivity index (χ3n) is 1.28. The molecule has 2 heteroatoms. The van der Waals surface area contributed by atoms with Crippen LogP contribution in [0.5, 0.6) is 0 Å². The van der Waals surface area contributed by atoms with Gasteiger partial charge in [0.05, 0.1) is 6.10 Å². The zero-order valence-electron chi connectivity index (χ0n) is 6.41. The van der Waals surface area contributed by atoms with Crippen molar-refractivity contribution in [2.45, 2.75) is 13.0 Å². The van der Waals surface area contributed by atoms with Crippen LogP contribution in [0.1, 0.15) is 18.6 Å². The first-order valence-electron chi connectivity index (χ1n) is 3.03. The van der Waals surface area contributed by atoms with Gasteiger partial charge in [-0.05, 0) is 12.5 Å². The van der Waals surface area contributed by atoms with E-state index < -0.39 is 0 Å². The molecule has 0 aromatic heterocycles. The predicted molar refractivity (Wildman–Crippen MR) is 42.8 cm³/mol. The molecule has 0 bridgehead atoms. The molecule has 1 nitrogen and oxygen atoms in total. The fourth-order valence-corrected chi connectivity index (χ4v) is 0.732. The Morgan fingerprint density at radius 3 is 2.00 bits per heavy atom. The van der Waals surface area contributed by atoms with Gasteiger partial charge < -0.3 is 5.11 Å². The quantitative estimate of drug-likeness (QED) is 0.591. The topological polar surface area (TPSA) is 20.2 Å². The largest absolute Gasteiger partial charge is 0.389 e. The van der Waals surface area contributed by atoms with Gasteiger partial charge in [0.25, 0.3) is 0 Å². The van der Waals surface area contributed by atoms with Gasteiger partial charge in [-0.2, -0.15) is 0 Å². The normalized spacial score (nSPS) is 11.8. The number of aliphatic hydroxyl groups is 1. The minimum absolute atomic E-state index is 0. The average molecular weight is 145 g/mol. The van der Waals surface area contributed by atoms with Crippen LogP contribution in [0, 0.1) is 0 Å². The number of aliphatic hydroxyl groups excluding tert-OH is 1. The smallest absolute Gasteiger partial charge is 0.0761 e. The third kappa shape index (κ3) is 2.84. The van der Waals surface area contributed by atoms with E-state index in [9.17, 15) is 0 Å². The summed E-state index contributed by atoms with van der Waals surface area (Å²) in [6.07, 6.45) is -0.341. The number of benzene rings is 1. The molecular formula is C8H10NaO. The molecule has 0 saturated carbocycles. The second-order valence-electron chi connectivity index (χ2n) is 2.09. The molecule has 0 heterocycles. The molecule has 0 spiro atoms. The van der Waals surface area contributed by atoms with E-state index in [1.54, 1.807) is 6.92 Å². The molecule has 0 saturated heterocycles. The zero-order valence-corrected chi connectivity index (χ0v) is 8.41. The van der Waals surface area contributed by atoms with E-state index in [2.05, 4.69) is 0 Å². The van der Waals surface area contributed by atoms with Crippen molar-refractivity contribution in [3.63, 3.8) is 0 Å². The maximum absolute atomic E-state index is 9.02. The molecular weight excluding hydrogens is 135 g/mol. The summed E-state index contributed by atoms with van der Waals surface area (Å²) in [6, 6.07) is 9.59. The molecule has 0 aliphatic rings. The first-order chi connectivity index (χ1) is 4.30. The molecule has 1 N–H and O–H groups in total. The molecule has 0 fully saturated rings. The maximum atomic E-state index is 9.02. The fourth-order valence-electron chi connectivity index (χ4n) is 0.732. The first-order valence-corrected chi connectivity index (χ1v) is 3.03. The molecule has 0 amide bonds. The second kappa shape index (κ2) is 4.91. The van der Waals surface area contributed by atoms with Gasteiger partial charge in [-0.3, -0.25) is 0 Å². The minimum Gasteiger partial charge on any atom is -0.389 e. The van der Waals surface area contributed by atoms with Crippen molar-refractivity contribution in [3.8, 4) is 0 Å². The monoisotopic (exact) mass is 145 g/mol. The van der Waals surface area contributed by atoms with Gasteiger partial charge in [0.2, 0.25) is 0 Å². The third-order valence-corrected chi connectivity index (χ3v) is 1.28. The van der Waals surface area contributed by atoms with Gasteiger partial charge in [-0.25, -0.2) is 0 Å². The standard InChI is InChI=1S/C8H10O.Na/c1-7(9)8-5-3-2-4-6-8;/h2-7,9H,1H3;. The summed E-state index contributed by atoms with van der Waals surface area (Å²) in [5.74, 6) is 0. The van der Waals surface area contributed by atoms with E-state index in [1.165, 1.54) is 0 Å². The Morgan fingerprint density at radius 1 is 1.20 bits per heavy atom. The Bertz CT molecular complexity index is 172. The van der Waals surface area contributed by atoms with Gasteiger partial charge >= 0.3 is 0 Å². The van der Waals surface area contributed by atoms with E-state index in [0.29, 0.717) is 0 Å². The summed E-state index contributed by atoms with van der Waals surface area (Å²) < 4.78 is 0. The van der Waals surface area contributed by atoms with Gasteiger partial charge in [0.1, 0.15) is 0 Å². The van der Waals surface area contributed by atoms with Gasteiger partial charge in [0, 0.05) is 29.6 Å². The van der Waals surface area contributed by atoms with Crippen LogP contribution in [0.15, 0.2) is 30.3 Å². The van der Waals surface area contributed by atoms with E-state index in [-0.39, 0.29) is 35.7 Å². The molecule has 10 heavy (non-hydrogen) atoms. The van der Waals surface area contributed by atoms with Crippen molar-refractivity contribution in [2.75, 3.05) is 0 Å². The van der Waals surface area contributed by atoms with Crippen LogP contribution in [-0.4, -0.2) is 34.7 Å². The van der Waals surface area contributed by atoms with E-state index in [1.807, 2.05) is 30.3 Å². The van der Waals surface area contributed by atoms with Gasteiger partial charge in [-0.15, -0.1) is 0 Å². The molecule has 1 atom stereocenters. The predicted octanol–water partition coefficient (Wildman–Crippen LogP) is 1.36. The summed E-state index contributed by atoms with van der Waals surface area (Å²) in [4.78, 5) is 0. The van der Waals surface area contributed by atoms with Crippen molar-refractivity contribution in [3.05, 3.63) is 35.9 Å². The molecule has 0 aliphatic carbocycles. The molecule has 1 rings (SSSR count). The van der Waals surface area contributed by atoms with Crippen LogP contribution in [0.4, 0.5) is 0 Å². The summed E-state index contributed by atoms with van der Waals surface area (Å²) in [5.41, 5.74) is 0.970. The second-order valence-corrected chi connectivity index (χ2v) is 2.09. The minimum atomic E-state index is -0.341. The Labute approximate surface area is 83.4 Å². The maximum Gasteiger partial charge on any atom is 0.0761 e. The van der Waals surface area contributed by atoms with Crippen molar-refractivity contribution in [1.29, 1.82) is 0 Å². The van der Waals surface area contributed by atoms with Crippen molar-refractivity contribution in [2.24, 2.45) is 0 Å². The van der Waals surface area contributed by atoms with Crippen molar-refractivity contribution >= 4 is 29.6 Å². The van der Waals surface area contributed by atoms with E-state index in [0.717, 1.165) is 5.56 Å². The van der Waals surface area contributed by atoms with Crippen LogP contribution in [0.3, 0.4) is 0 Å². The van der Waals surface area contributed by atoms with Crippen LogP contribution < -0.4 is 0 Å². The van der Waals surface area contributed by atoms with Crippen LogP contribution in [0.2, 0.25) is 0 Å². The SMILES string of the molecule is CC(O)c1ccccc1.[Na]. The molecule has 0 aliphatic heterocycles. The Balaban J connectivity index is 0.000000810. The number of rotatable bonds is 1. The summed E-state index contributed by atoms with van der Waals surface area (Å²) in [6.45, 7) is 1.76. The summed E-state index contributed by atoms with van der Waals surface area (Å²) in [7, 11) is 0. The molecule has 1 radical (unpaired) electrons. The average Bonchev–Trinajstić information content (AvgIpc) is 1.90. The van der Waals surface area contributed by atoms with Crippen molar-refractivity contribution < 1.29 is 5.11 Å². The number of hydrogen-bond donors (Lipinski definition) is 1. The zero-order chi connectivity index (χ0) is 6.69. The van der Waals surface area contributed by atoms with Crippen LogP contribution >= 0.6 is 0 Å². The summed E-state index contributed by atoms with van der Waals surface area (Å²) >= 11 is 0. The number of hydrogen-bond acceptors (Lipinski definition) is 1. The Morgan fingerprint density at radius 2 is 1.70 bits per heavy atom. The van der Waals surface area contributed by atoms with E-state index in [4.69, 9.17) is 5.11 Å². The molecule has 49 valence electrons. The van der Waals surface area contributed by atoms with Crippen LogP contribution in [-0.2, 0) is 0 Å². The van der Waals surface area contributed by atoms with Crippen molar-refractivity contribution in [1.82, 2.24) is 0 Å². The molecule has 1 unspecified atom stereocenters. The Hall–Kier alpha value is 0.180.